The van der Waals surface area contributed by atoms with Crippen molar-refractivity contribution in [3.05, 3.63) is 40.3 Å². The number of ether oxygens (including phenoxy) is 1. The van der Waals surface area contributed by atoms with Gasteiger partial charge in [-0.1, -0.05) is 25.1 Å². The summed E-state index contributed by atoms with van der Waals surface area (Å²) in [6.45, 7) is 5.75. The fourth-order valence-electron chi connectivity index (χ4n) is 2.77. The largest absolute Gasteiger partial charge is 0.464 e. The Bertz CT molecular complexity index is 942. The zero-order chi connectivity index (χ0) is 16.6. The molecule has 0 bridgehead atoms. The van der Waals surface area contributed by atoms with E-state index in [4.69, 9.17) is 4.74 Å². The lowest BCUT2D eigenvalue weighted by molar-refractivity contribution is -0.147. The number of nitrogens with zero attached hydrogens (tertiary/aromatic N) is 2. The van der Waals surface area contributed by atoms with Gasteiger partial charge < -0.3 is 4.74 Å². The number of carbonyl (C=O) groups excluding carboxylic acids is 1. The van der Waals surface area contributed by atoms with Crippen LogP contribution in [0.4, 0.5) is 0 Å². The molecule has 0 unspecified atom stereocenters. The Morgan fingerprint density at radius 3 is 2.78 bits per heavy atom. The molecule has 23 heavy (non-hydrogen) atoms. The Morgan fingerprint density at radius 2 is 2.09 bits per heavy atom. The average Bonchev–Trinajstić information content (AvgIpc) is 2.93. The molecule has 5 nitrogen and oxygen atoms in total. The Balaban J connectivity index is 2.30. The van der Waals surface area contributed by atoms with Gasteiger partial charge in [-0.15, -0.1) is 11.3 Å². The summed E-state index contributed by atoms with van der Waals surface area (Å²) < 4.78 is 8.30. The number of thiophene rings is 1. The molecule has 2 heterocycles. The fraction of sp³-hybridized carbons (Fsp3) is 0.353. The molecule has 0 radical (unpaired) electrons. The highest BCUT2D eigenvalue weighted by molar-refractivity contribution is 7.26. The third kappa shape index (κ3) is 2.53. The van der Waals surface area contributed by atoms with E-state index >= 15 is 0 Å². The van der Waals surface area contributed by atoms with Crippen LogP contribution in [0.25, 0.3) is 20.2 Å². The molecule has 0 aliphatic carbocycles. The van der Waals surface area contributed by atoms with Gasteiger partial charge in [0, 0.05) is 10.1 Å². The quantitative estimate of drug-likeness (QED) is 0.688. The third-order valence-electron chi connectivity index (χ3n) is 3.84. The molecule has 6 heteroatoms. The second-order valence-electron chi connectivity index (χ2n) is 5.31. The number of rotatable bonds is 4. The van der Waals surface area contributed by atoms with Crippen molar-refractivity contribution < 1.29 is 9.53 Å². The van der Waals surface area contributed by atoms with E-state index in [0.717, 1.165) is 20.5 Å². The van der Waals surface area contributed by atoms with Crippen LogP contribution in [0.3, 0.4) is 0 Å². The summed E-state index contributed by atoms with van der Waals surface area (Å²) in [6, 6.07) is 7.10. The van der Waals surface area contributed by atoms with E-state index in [0.29, 0.717) is 11.8 Å². The van der Waals surface area contributed by atoms with Crippen molar-refractivity contribution in [1.82, 2.24) is 9.78 Å². The summed E-state index contributed by atoms with van der Waals surface area (Å²) in [6.07, 6.45) is 0.457. The summed E-state index contributed by atoms with van der Waals surface area (Å²) >= 11 is 1.56. The number of hydrogen-bond acceptors (Lipinski definition) is 5. The fourth-order valence-corrected chi connectivity index (χ4v) is 3.90. The molecule has 120 valence electrons. The predicted octanol–water partition coefficient (Wildman–Crippen LogP) is 3.43. The van der Waals surface area contributed by atoms with E-state index in [2.05, 4.69) is 5.10 Å². The number of hydrogen-bond donors (Lipinski definition) is 0. The first-order chi connectivity index (χ1) is 11.1. The number of fused-ring (bicyclic) bond motifs is 3. The number of benzene rings is 1. The van der Waals surface area contributed by atoms with Gasteiger partial charge >= 0.3 is 5.97 Å². The van der Waals surface area contributed by atoms with Crippen molar-refractivity contribution in [3.63, 3.8) is 0 Å². The van der Waals surface area contributed by atoms with E-state index in [-0.39, 0.29) is 12.2 Å². The maximum atomic E-state index is 13.0. The van der Waals surface area contributed by atoms with Crippen molar-refractivity contribution in [2.45, 2.75) is 33.2 Å². The highest BCUT2D eigenvalue weighted by Crippen LogP contribution is 2.33. The maximum absolute atomic E-state index is 13.0. The summed E-state index contributed by atoms with van der Waals surface area (Å²) in [5, 5.41) is 5.94. The third-order valence-corrected chi connectivity index (χ3v) is 5.12. The first-order valence-electron chi connectivity index (χ1n) is 7.65. The Kier molecular flexibility index (Phi) is 4.17. The Labute approximate surface area is 137 Å². The molecule has 0 aliphatic rings. The molecule has 0 saturated heterocycles. The van der Waals surface area contributed by atoms with Gasteiger partial charge in [0.25, 0.3) is 5.56 Å². The molecular weight excluding hydrogens is 312 g/mol. The molecule has 3 rings (SSSR count). The van der Waals surface area contributed by atoms with E-state index in [1.54, 1.807) is 18.3 Å². The van der Waals surface area contributed by atoms with Crippen LogP contribution in [0.2, 0.25) is 0 Å². The minimum Gasteiger partial charge on any atom is -0.464 e. The van der Waals surface area contributed by atoms with Crippen LogP contribution in [-0.2, 0) is 9.53 Å². The van der Waals surface area contributed by atoms with E-state index in [9.17, 15) is 9.59 Å². The maximum Gasteiger partial charge on any atom is 0.331 e. The van der Waals surface area contributed by atoms with Crippen LogP contribution < -0.4 is 5.56 Å². The topological polar surface area (TPSA) is 61.2 Å². The summed E-state index contributed by atoms with van der Waals surface area (Å²) in [4.78, 5) is 25.1. The van der Waals surface area contributed by atoms with Crippen LogP contribution in [0, 0.1) is 6.92 Å². The van der Waals surface area contributed by atoms with Gasteiger partial charge in [-0.25, -0.2) is 9.48 Å². The smallest absolute Gasteiger partial charge is 0.331 e. The van der Waals surface area contributed by atoms with Gasteiger partial charge in [0.05, 0.1) is 22.4 Å². The van der Waals surface area contributed by atoms with Crippen molar-refractivity contribution in [3.8, 4) is 0 Å². The van der Waals surface area contributed by atoms with Gasteiger partial charge in [0.15, 0.2) is 6.04 Å². The molecule has 0 fully saturated rings. The highest BCUT2D eigenvalue weighted by atomic mass is 32.1. The normalized spacial score (nSPS) is 12.7. The van der Waals surface area contributed by atoms with E-state index in [1.165, 1.54) is 4.68 Å². The van der Waals surface area contributed by atoms with Crippen molar-refractivity contribution in [2.75, 3.05) is 6.61 Å². The number of aryl methyl sites for hydroxylation is 1. The zero-order valence-electron chi connectivity index (χ0n) is 13.3. The lowest BCUT2D eigenvalue weighted by Gasteiger charge is -2.16. The van der Waals surface area contributed by atoms with Crippen LogP contribution in [0.1, 0.15) is 32.0 Å². The minimum absolute atomic E-state index is 0.233. The standard InChI is InChI=1S/C17H18N2O3S/c1-4-12(17(21)22-5-2)19-16(20)14-11-8-6-7-9-13(11)23-15(14)10(3)18-19/h6-9,12H,4-5H2,1-3H3/t12-/m0/s1. The van der Waals surface area contributed by atoms with Crippen molar-refractivity contribution in [2.24, 2.45) is 0 Å². The summed E-state index contributed by atoms with van der Waals surface area (Å²) in [7, 11) is 0. The molecular formula is C17H18N2O3S. The van der Waals surface area contributed by atoms with Gasteiger partial charge in [-0.3, -0.25) is 4.79 Å². The molecule has 0 spiro atoms. The Hall–Kier alpha value is -2.21. The first-order valence-corrected chi connectivity index (χ1v) is 8.47. The predicted molar refractivity (Wildman–Crippen MR) is 92.1 cm³/mol. The van der Waals surface area contributed by atoms with Crippen LogP contribution in [0.15, 0.2) is 29.1 Å². The number of aromatic nitrogens is 2. The minimum atomic E-state index is -0.691. The molecule has 0 N–H and O–H groups in total. The van der Waals surface area contributed by atoms with Gasteiger partial charge in [0.1, 0.15) is 0 Å². The van der Waals surface area contributed by atoms with Crippen LogP contribution in [-0.4, -0.2) is 22.4 Å². The lowest BCUT2D eigenvalue weighted by Crippen LogP contribution is -2.33. The van der Waals surface area contributed by atoms with Crippen molar-refractivity contribution in [1.29, 1.82) is 0 Å². The molecule has 1 aromatic carbocycles. The lowest BCUT2D eigenvalue weighted by atomic mass is 10.1. The van der Waals surface area contributed by atoms with Gasteiger partial charge in [-0.2, -0.15) is 5.10 Å². The SMILES string of the molecule is CCOC(=O)[C@H](CC)n1nc(C)c2sc3ccccc3c2c1=O. The highest BCUT2D eigenvalue weighted by Gasteiger charge is 2.25. The molecule has 1 atom stereocenters. The molecule has 3 aromatic rings. The number of carbonyl (C=O) groups is 1. The second-order valence-corrected chi connectivity index (χ2v) is 6.37. The zero-order valence-corrected chi connectivity index (χ0v) is 14.1. The summed E-state index contributed by atoms with van der Waals surface area (Å²) in [5.74, 6) is -0.414. The monoisotopic (exact) mass is 330 g/mol. The van der Waals surface area contributed by atoms with Crippen molar-refractivity contribution >= 4 is 37.5 Å². The molecule has 0 amide bonds. The molecule has 0 saturated carbocycles. The van der Waals surface area contributed by atoms with Gasteiger partial charge in [0.2, 0.25) is 0 Å². The molecule has 0 aliphatic heterocycles. The first kappa shape index (κ1) is 15.7. The second kappa shape index (κ2) is 6.12. The summed E-state index contributed by atoms with van der Waals surface area (Å²) in [5.41, 5.74) is 0.520. The van der Waals surface area contributed by atoms with E-state index in [1.807, 2.05) is 38.1 Å². The Morgan fingerprint density at radius 1 is 1.35 bits per heavy atom. The van der Waals surface area contributed by atoms with Crippen LogP contribution >= 0.6 is 11.3 Å². The number of esters is 1. The van der Waals surface area contributed by atoms with Gasteiger partial charge in [-0.05, 0) is 26.3 Å². The molecule has 2 aromatic heterocycles. The average molecular weight is 330 g/mol. The van der Waals surface area contributed by atoms with Crippen LogP contribution in [0.5, 0.6) is 0 Å². The van der Waals surface area contributed by atoms with E-state index < -0.39 is 12.0 Å².